The van der Waals surface area contributed by atoms with Crippen molar-refractivity contribution >= 4 is 80.9 Å². The lowest BCUT2D eigenvalue weighted by Gasteiger charge is -2.32. The van der Waals surface area contributed by atoms with Crippen molar-refractivity contribution < 1.29 is 0 Å². The van der Waals surface area contributed by atoms with Crippen LogP contribution in [0.5, 0.6) is 0 Å². The monoisotopic (exact) mass is 726 g/mol. The lowest BCUT2D eigenvalue weighted by Crippen LogP contribution is -2.31. The second-order valence-corrected chi connectivity index (χ2v) is 21.4. The van der Waals surface area contributed by atoms with Crippen LogP contribution in [0.4, 0.5) is 0 Å². The van der Waals surface area contributed by atoms with Crippen LogP contribution in [0.25, 0.3) is 21.1 Å². The van der Waals surface area contributed by atoms with Crippen molar-refractivity contribution in [2.45, 2.75) is 5.41 Å². The molecule has 1 spiro atoms. The van der Waals surface area contributed by atoms with E-state index in [9.17, 15) is 0 Å². The summed E-state index contributed by atoms with van der Waals surface area (Å²) in [6, 6.07) is 52.8. The predicted octanol–water partition coefficient (Wildman–Crippen LogP) is 8.39. The Labute approximate surface area is 306 Å². The molecule has 0 aliphatic heterocycles. The molecule has 2 nitrogen and oxygen atoms in total. The highest BCUT2D eigenvalue weighted by Crippen LogP contribution is 2.65. The number of thiophene rings is 2. The third-order valence-electron chi connectivity index (χ3n) is 10.8. The van der Waals surface area contributed by atoms with E-state index < -0.39 is 19.2 Å². The van der Waals surface area contributed by atoms with Crippen molar-refractivity contribution in [3.8, 4) is 21.1 Å². The fourth-order valence-corrected chi connectivity index (χ4v) is 16.2. The fraction of sp³-hybridized carbons (Fsp3) is 0.0222. The second-order valence-electron chi connectivity index (χ2n) is 13.2. The molecule has 0 bridgehead atoms. The van der Waals surface area contributed by atoms with Crippen LogP contribution in [-0.4, -0.2) is 22.6 Å². The molecule has 0 saturated heterocycles. The molecule has 0 amide bonds. The van der Waals surface area contributed by atoms with Crippen molar-refractivity contribution in [2.24, 2.45) is 0 Å². The van der Waals surface area contributed by atoms with E-state index in [4.69, 9.17) is 22.6 Å². The van der Waals surface area contributed by atoms with Gasteiger partial charge in [0.25, 0.3) is 0 Å². The highest BCUT2D eigenvalue weighted by Gasteiger charge is 2.55. The number of nitrogens with zero attached hydrogens (tertiary/aromatic N) is 2. The summed E-state index contributed by atoms with van der Waals surface area (Å²) < 4.78 is 0. The molecule has 6 heteroatoms. The van der Waals surface area contributed by atoms with E-state index in [2.05, 4.69) is 169 Å². The number of aromatic nitrogens is 2. The molecular weight excluding hydrogens is 695 g/mol. The number of hydrogen-bond acceptors (Lipinski definition) is 4. The van der Waals surface area contributed by atoms with Crippen LogP contribution in [0.1, 0.15) is 22.3 Å². The molecule has 10 rings (SSSR count). The lowest BCUT2D eigenvalue weighted by molar-refractivity contribution is 0.795. The van der Waals surface area contributed by atoms with E-state index in [1.165, 1.54) is 63.8 Å². The van der Waals surface area contributed by atoms with Crippen molar-refractivity contribution in [2.75, 3.05) is 0 Å². The molecule has 51 heavy (non-hydrogen) atoms. The maximum absolute atomic E-state index is 5.38. The molecule has 0 N–H and O–H groups in total. The Balaban J connectivity index is 1.28. The summed E-state index contributed by atoms with van der Waals surface area (Å²) in [5, 5.41) is 11.8. The molecule has 0 atom stereocenters. The molecular formula is C45H32N2P2S2. The topological polar surface area (TPSA) is 25.8 Å². The molecule has 4 aromatic heterocycles. The van der Waals surface area contributed by atoms with Crippen molar-refractivity contribution in [1.29, 1.82) is 0 Å². The molecule has 0 fully saturated rings. The highest BCUT2D eigenvalue weighted by atomic mass is 32.1. The Hall–Kier alpha value is -4.82. The number of pyridine rings is 2. The van der Waals surface area contributed by atoms with E-state index in [0.717, 1.165) is 11.4 Å². The van der Waals surface area contributed by atoms with Gasteiger partial charge in [-0.05, 0) is 81.1 Å². The zero-order valence-corrected chi connectivity index (χ0v) is 31.1. The lowest BCUT2D eigenvalue weighted by atomic mass is 9.72. The quantitative estimate of drug-likeness (QED) is 0.161. The van der Waals surface area contributed by atoms with Gasteiger partial charge in [0.15, 0.2) is 0 Å². The molecule has 2 aliphatic rings. The van der Waals surface area contributed by atoms with Crippen molar-refractivity contribution in [3.05, 3.63) is 191 Å². The zero-order valence-electron chi connectivity index (χ0n) is 27.7. The van der Waals surface area contributed by atoms with E-state index >= 15 is 0 Å². The van der Waals surface area contributed by atoms with Crippen molar-refractivity contribution in [1.82, 2.24) is 9.97 Å². The fourth-order valence-electron chi connectivity index (χ4n) is 8.33. The Morgan fingerprint density at radius 2 is 0.745 bits per heavy atom. The second kappa shape index (κ2) is 11.6. The zero-order chi connectivity index (χ0) is 34.2. The average Bonchev–Trinajstić information content (AvgIpc) is 3.99. The smallest absolute Gasteiger partial charge is 0.0937 e. The Kier molecular flexibility index (Phi) is 7.04. The first kappa shape index (κ1) is 31.0. The van der Waals surface area contributed by atoms with Crippen LogP contribution in [0, 0.1) is 0 Å². The molecule has 2 aliphatic carbocycles. The van der Waals surface area contributed by atoms with E-state index in [1.807, 2.05) is 22.7 Å². The van der Waals surface area contributed by atoms with Gasteiger partial charge >= 0.3 is 0 Å². The van der Waals surface area contributed by atoms with Crippen LogP contribution in [-0.2, 0) is 5.41 Å². The summed E-state index contributed by atoms with van der Waals surface area (Å²) in [6.07, 6.45) is 14.4. The minimum atomic E-state index is -2.30. The summed E-state index contributed by atoms with van der Waals surface area (Å²) >= 11 is 3.67. The largest absolute Gasteiger partial charge is 0.254 e. The molecule has 4 heterocycles. The molecule has 4 aromatic carbocycles. The van der Waals surface area contributed by atoms with Gasteiger partial charge in [-0.15, -0.1) is 22.7 Å². The van der Waals surface area contributed by atoms with Gasteiger partial charge in [-0.2, -0.15) is 0 Å². The van der Waals surface area contributed by atoms with Gasteiger partial charge < -0.3 is 0 Å². The normalized spacial score (nSPS) is 13.8. The summed E-state index contributed by atoms with van der Waals surface area (Å²) in [6.45, 7) is -4.60. The third kappa shape index (κ3) is 4.23. The minimum absolute atomic E-state index is 0.544. The van der Waals surface area contributed by atoms with Crippen LogP contribution in [0.2, 0.25) is 0 Å². The maximum atomic E-state index is 5.38. The van der Waals surface area contributed by atoms with Gasteiger partial charge in [-0.25, -0.2) is 0 Å². The van der Waals surface area contributed by atoms with E-state index in [0.29, 0.717) is 0 Å². The van der Waals surface area contributed by atoms with Gasteiger partial charge in [-0.1, -0.05) is 134 Å². The predicted molar refractivity (Wildman–Crippen MR) is 226 cm³/mol. The summed E-state index contributed by atoms with van der Waals surface area (Å²) in [5.41, 5.74) is 6.41. The van der Waals surface area contributed by atoms with Gasteiger partial charge in [-0.3, -0.25) is 9.97 Å². The van der Waals surface area contributed by atoms with E-state index in [-0.39, 0.29) is 0 Å². The number of rotatable bonds is 6. The first-order valence-electron chi connectivity index (χ1n) is 16.9. The molecule has 8 aromatic rings. The molecule has 0 radical (unpaired) electrons. The summed E-state index contributed by atoms with van der Waals surface area (Å²) in [4.78, 5) is 13.5. The molecule has 244 valence electrons. The van der Waals surface area contributed by atoms with Crippen LogP contribution < -0.4 is 31.8 Å². The average molecular weight is 727 g/mol. The summed E-state index contributed by atoms with van der Waals surface area (Å²) in [7, 11) is 0. The SMILES string of the molecule is C=P(c1ccccc1)(c1ccccc1)c1cnc2c(c1)C1(c3cc(P(=C)(c4ccccc4)c4ccccc4)cnc3-2)c2ccsc2-c2sccc21. The molecule has 0 saturated carbocycles. The van der Waals surface area contributed by atoms with Crippen molar-refractivity contribution in [3.63, 3.8) is 0 Å². The molecule has 0 unspecified atom stereocenters. The van der Waals surface area contributed by atoms with Crippen LogP contribution in [0.15, 0.2) is 169 Å². The van der Waals surface area contributed by atoms with Gasteiger partial charge in [0, 0.05) is 43.9 Å². The maximum Gasteiger partial charge on any atom is 0.0937 e. The minimum Gasteiger partial charge on any atom is -0.254 e. The third-order valence-corrected chi connectivity index (χ3v) is 19.8. The first-order chi connectivity index (χ1) is 25.1. The Morgan fingerprint density at radius 1 is 0.412 bits per heavy atom. The number of fused-ring (bicyclic) bond motifs is 10. The Morgan fingerprint density at radius 3 is 1.08 bits per heavy atom. The number of hydrogen-bond donors (Lipinski definition) is 0. The van der Waals surface area contributed by atoms with E-state index in [1.54, 1.807) is 0 Å². The Bertz CT molecular complexity index is 2420. The van der Waals surface area contributed by atoms with Gasteiger partial charge in [0.1, 0.15) is 0 Å². The van der Waals surface area contributed by atoms with Gasteiger partial charge in [0.05, 0.1) is 16.8 Å². The van der Waals surface area contributed by atoms with Gasteiger partial charge in [0.2, 0.25) is 0 Å². The highest BCUT2D eigenvalue weighted by molar-refractivity contribution is 7.93. The number of benzene rings is 4. The van der Waals surface area contributed by atoms with Crippen LogP contribution in [0.3, 0.4) is 0 Å². The van der Waals surface area contributed by atoms with Crippen LogP contribution >= 0.6 is 36.4 Å². The standard InChI is InChI=1S/C45H32N2P2S2/c1-48(31-15-7-3-8-16-31,32-17-9-4-10-18-32)35-27-39-41(46-29-35)42-40(45(39)37-23-25-50-43(37)44-38(45)24-26-51-44)28-36(30-47-42)49(2,33-19-11-5-12-20-33)34-21-13-6-14-22-34/h3-30H,1-2H2. The summed E-state index contributed by atoms with van der Waals surface area (Å²) in [5.74, 6) is 0. The first-order valence-corrected chi connectivity index (χ1v) is 22.6.